The van der Waals surface area contributed by atoms with Crippen LogP contribution in [0.15, 0.2) is 30.3 Å². The lowest BCUT2D eigenvalue weighted by Gasteiger charge is -2.34. The van der Waals surface area contributed by atoms with Gasteiger partial charge in [-0.2, -0.15) is 0 Å². The number of hydrogen-bond acceptors (Lipinski definition) is 7. The molecule has 9 nitrogen and oxygen atoms in total. The van der Waals surface area contributed by atoms with Crippen molar-refractivity contribution in [1.29, 1.82) is 0 Å². The molecule has 0 aliphatic carbocycles. The van der Waals surface area contributed by atoms with E-state index >= 15 is 0 Å². The average Bonchev–Trinajstić information content (AvgIpc) is 3.27. The maximum Gasteiger partial charge on any atom is 0.321 e. The van der Waals surface area contributed by atoms with Gasteiger partial charge in [0.2, 0.25) is 5.91 Å². The Hall–Kier alpha value is -3.02. The molecule has 2 N–H and O–H groups in total. The fourth-order valence-electron chi connectivity index (χ4n) is 4.01. The summed E-state index contributed by atoms with van der Waals surface area (Å²) in [4.78, 5) is 39.6. The second-order valence-corrected chi connectivity index (χ2v) is 9.89. The number of halogens is 2. The molecule has 1 aliphatic rings. The fourth-order valence-corrected chi connectivity index (χ4v) is 5.00. The highest BCUT2D eigenvalue weighted by Gasteiger charge is 2.19. The molecular weight excluding hydrogens is 505 g/mol. The Labute approximate surface area is 218 Å². The number of amides is 3. The van der Waals surface area contributed by atoms with Crippen LogP contribution in [0.4, 0.5) is 25.8 Å². The van der Waals surface area contributed by atoms with Crippen molar-refractivity contribution in [1.82, 2.24) is 25.1 Å². The zero-order valence-corrected chi connectivity index (χ0v) is 21.8. The van der Waals surface area contributed by atoms with Gasteiger partial charge in [-0.15, -0.1) is 0 Å². The van der Waals surface area contributed by atoms with Gasteiger partial charge in [-0.3, -0.25) is 15.0 Å². The number of pyridine rings is 1. The number of thiazole rings is 1. The molecule has 0 spiro atoms. The number of urea groups is 1. The molecule has 0 radical (unpaired) electrons. The molecule has 0 atom stereocenters. The first-order valence-corrected chi connectivity index (χ1v) is 13.0. The lowest BCUT2D eigenvalue weighted by atomic mass is 10.2. The molecule has 1 aliphatic heterocycles. The van der Waals surface area contributed by atoms with Gasteiger partial charge in [-0.05, 0) is 43.3 Å². The summed E-state index contributed by atoms with van der Waals surface area (Å²) in [7, 11) is 1.72. The van der Waals surface area contributed by atoms with Gasteiger partial charge >= 0.3 is 6.03 Å². The molecular formula is C24H29ClFN7O2S. The first kappa shape index (κ1) is 26.1. The normalized spacial score (nSPS) is 14.2. The number of carbonyl (C=O) groups is 2. The summed E-state index contributed by atoms with van der Waals surface area (Å²) in [5.41, 5.74) is 0.995. The first-order chi connectivity index (χ1) is 17.3. The van der Waals surface area contributed by atoms with E-state index in [2.05, 4.69) is 25.5 Å². The highest BCUT2D eigenvalue weighted by Crippen LogP contribution is 2.30. The van der Waals surface area contributed by atoms with Crippen molar-refractivity contribution in [2.24, 2.45) is 0 Å². The van der Waals surface area contributed by atoms with Crippen LogP contribution in [0.1, 0.15) is 19.8 Å². The molecule has 0 saturated carbocycles. The maximum atomic E-state index is 14.3. The van der Waals surface area contributed by atoms with Crippen LogP contribution in [-0.2, 0) is 4.79 Å². The number of carbonyl (C=O) groups excluding carboxylic acids is 2. The number of nitrogens with zero attached hydrogens (tertiary/aromatic N) is 5. The largest absolute Gasteiger partial charge is 0.340 e. The molecule has 0 unspecified atom stereocenters. The maximum absolute atomic E-state index is 14.3. The molecule has 192 valence electrons. The van der Waals surface area contributed by atoms with Gasteiger partial charge in [0.25, 0.3) is 0 Å². The predicted molar refractivity (Wildman–Crippen MR) is 142 cm³/mol. The van der Waals surface area contributed by atoms with E-state index < -0.39 is 5.82 Å². The van der Waals surface area contributed by atoms with E-state index in [1.165, 1.54) is 17.4 Å². The van der Waals surface area contributed by atoms with E-state index in [1.54, 1.807) is 36.2 Å². The SMILES string of the molecule is CCC(=O)N1CCN(CCCNC(=O)Nc2nc3ccc(N(C)c4ccc(Cl)cc4F)nc3s2)CC1. The number of hydrogen-bond donors (Lipinski definition) is 2. The van der Waals surface area contributed by atoms with Gasteiger partial charge in [0, 0.05) is 51.2 Å². The van der Waals surface area contributed by atoms with Gasteiger partial charge in [0.1, 0.15) is 22.0 Å². The standard InChI is InChI=1S/C24H29ClFN7O2S/c1-3-21(34)33-13-11-32(12-14-33)10-4-9-27-23(35)30-24-28-18-6-8-20(29-22(18)36-24)31(2)19-7-5-16(25)15-17(19)26/h5-8,15H,3-4,9-14H2,1-2H3,(H2,27,28,30,35). The number of anilines is 3. The summed E-state index contributed by atoms with van der Waals surface area (Å²) in [5, 5.41) is 6.38. The van der Waals surface area contributed by atoms with Gasteiger partial charge in [-0.25, -0.2) is 19.2 Å². The van der Waals surface area contributed by atoms with Crippen LogP contribution in [0, 0.1) is 5.82 Å². The van der Waals surface area contributed by atoms with E-state index in [9.17, 15) is 14.0 Å². The van der Waals surface area contributed by atoms with Crippen molar-refractivity contribution in [3.05, 3.63) is 41.2 Å². The third-order valence-electron chi connectivity index (χ3n) is 6.04. The van der Waals surface area contributed by atoms with Gasteiger partial charge in [0.15, 0.2) is 5.13 Å². The van der Waals surface area contributed by atoms with Crippen LogP contribution in [0.2, 0.25) is 5.02 Å². The topological polar surface area (TPSA) is 93.7 Å². The van der Waals surface area contributed by atoms with Crippen LogP contribution in [0.3, 0.4) is 0 Å². The third-order valence-corrected chi connectivity index (χ3v) is 7.16. The Morgan fingerprint density at radius 3 is 2.67 bits per heavy atom. The van der Waals surface area contributed by atoms with Crippen molar-refractivity contribution < 1.29 is 14.0 Å². The number of benzene rings is 1. The van der Waals surface area contributed by atoms with Crippen LogP contribution < -0.4 is 15.5 Å². The second-order valence-electron chi connectivity index (χ2n) is 8.48. The number of nitrogens with one attached hydrogen (secondary N) is 2. The molecule has 1 aromatic carbocycles. The van der Waals surface area contributed by atoms with E-state index in [4.69, 9.17) is 11.6 Å². The molecule has 1 saturated heterocycles. The van der Waals surface area contributed by atoms with Crippen molar-refractivity contribution in [3.8, 4) is 0 Å². The minimum absolute atomic E-state index is 0.205. The fraction of sp³-hybridized carbons (Fsp3) is 0.417. The van der Waals surface area contributed by atoms with Crippen LogP contribution in [0.25, 0.3) is 10.3 Å². The Morgan fingerprint density at radius 1 is 1.17 bits per heavy atom. The van der Waals surface area contributed by atoms with E-state index in [0.29, 0.717) is 45.0 Å². The highest BCUT2D eigenvalue weighted by atomic mass is 35.5. The van der Waals surface area contributed by atoms with Crippen molar-refractivity contribution in [3.63, 3.8) is 0 Å². The number of rotatable bonds is 8. The van der Waals surface area contributed by atoms with Crippen LogP contribution >= 0.6 is 22.9 Å². The molecule has 0 bridgehead atoms. The number of piperazine rings is 1. The highest BCUT2D eigenvalue weighted by molar-refractivity contribution is 7.22. The molecule has 3 amide bonds. The Kier molecular flexibility index (Phi) is 8.55. The summed E-state index contributed by atoms with van der Waals surface area (Å²) in [6, 6.07) is 7.69. The summed E-state index contributed by atoms with van der Waals surface area (Å²) < 4.78 is 14.3. The minimum Gasteiger partial charge on any atom is -0.340 e. The lowest BCUT2D eigenvalue weighted by Crippen LogP contribution is -2.49. The predicted octanol–water partition coefficient (Wildman–Crippen LogP) is 4.32. The lowest BCUT2D eigenvalue weighted by molar-refractivity contribution is -0.132. The summed E-state index contributed by atoms with van der Waals surface area (Å²) >= 11 is 7.10. The van der Waals surface area contributed by atoms with E-state index in [0.717, 1.165) is 39.1 Å². The molecule has 3 heterocycles. The van der Waals surface area contributed by atoms with E-state index in [1.807, 2.05) is 11.8 Å². The molecule has 3 aromatic rings. The Balaban J connectivity index is 1.25. The molecule has 1 fully saturated rings. The smallest absolute Gasteiger partial charge is 0.321 e. The second kappa shape index (κ2) is 11.8. The molecule has 12 heteroatoms. The zero-order chi connectivity index (χ0) is 25.7. The number of fused-ring (bicyclic) bond motifs is 1. The summed E-state index contributed by atoms with van der Waals surface area (Å²) in [5.74, 6) is 0.309. The molecule has 2 aromatic heterocycles. The monoisotopic (exact) mass is 533 g/mol. The Bertz CT molecular complexity index is 1230. The van der Waals surface area contributed by atoms with Gasteiger partial charge in [-0.1, -0.05) is 29.9 Å². The van der Waals surface area contributed by atoms with Crippen LogP contribution in [-0.4, -0.2) is 78.0 Å². The third kappa shape index (κ3) is 6.40. The average molecular weight is 534 g/mol. The van der Waals surface area contributed by atoms with Crippen molar-refractivity contribution in [2.75, 3.05) is 56.5 Å². The summed E-state index contributed by atoms with van der Waals surface area (Å²) in [6.07, 6.45) is 1.36. The minimum atomic E-state index is -0.441. The van der Waals surface area contributed by atoms with Crippen LogP contribution in [0.5, 0.6) is 0 Å². The summed E-state index contributed by atoms with van der Waals surface area (Å²) in [6.45, 7) is 6.53. The quantitative estimate of drug-likeness (QED) is 0.419. The number of aromatic nitrogens is 2. The van der Waals surface area contributed by atoms with E-state index in [-0.39, 0.29) is 11.9 Å². The molecule has 36 heavy (non-hydrogen) atoms. The zero-order valence-electron chi connectivity index (χ0n) is 20.3. The van der Waals surface area contributed by atoms with Gasteiger partial charge in [0.05, 0.1) is 5.69 Å². The van der Waals surface area contributed by atoms with Gasteiger partial charge < -0.3 is 15.1 Å². The Morgan fingerprint density at radius 2 is 1.94 bits per heavy atom. The van der Waals surface area contributed by atoms with Crippen molar-refractivity contribution in [2.45, 2.75) is 19.8 Å². The molecule has 4 rings (SSSR count). The van der Waals surface area contributed by atoms with Crippen molar-refractivity contribution >= 4 is 61.9 Å². The first-order valence-electron chi connectivity index (χ1n) is 11.9.